The van der Waals surface area contributed by atoms with Crippen LogP contribution in [0.2, 0.25) is 0 Å². The number of rotatable bonds is 4. The fourth-order valence-electron chi connectivity index (χ4n) is 2.36. The lowest BCUT2D eigenvalue weighted by Crippen LogP contribution is -2.14. The van der Waals surface area contributed by atoms with Crippen LogP contribution in [0.4, 0.5) is 10.5 Å². The Morgan fingerprint density at radius 3 is 2.54 bits per heavy atom. The van der Waals surface area contributed by atoms with Crippen molar-refractivity contribution < 1.29 is 19.4 Å². The van der Waals surface area contributed by atoms with E-state index in [2.05, 4.69) is 10.3 Å². The second kappa shape index (κ2) is 6.78. The third-order valence-electron chi connectivity index (χ3n) is 3.46. The van der Waals surface area contributed by atoms with Crippen molar-refractivity contribution in [3.05, 3.63) is 72.1 Å². The van der Waals surface area contributed by atoms with E-state index in [1.165, 1.54) is 6.20 Å². The average Bonchev–Trinajstić information content (AvgIpc) is 2.60. The van der Waals surface area contributed by atoms with E-state index in [-0.39, 0.29) is 12.3 Å². The summed E-state index contributed by atoms with van der Waals surface area (Å²) in [4.78, 5) is 27.1. The number of anilines is 1. The van der Waals surface area contributed by atoms with Crippen LogP contribution in [0.15, 0.2) is 60.8 Å². The Balaban J connectivity index is 1.79. The number of hydrogen-bond donors (Lipinski definition) is 2. The SMILES string of the molecule is O=C(Nc1cccc2c(C(=O)O)nccc12)OCc1ccccc1. The highest BCUT2D eigenvalue weighted by atomic mass is 16.5. The van der Waals surface area contributed by atoms with Gasteiger partial charge < -0.3 is 9.84 Å². The first-order valence-electron chi connectivity index (χ1n) is 7.24. The third-order valence-corrected chi connectivity index (χ3v) is 3.46. The van der Waals surface area contributed by atoms with Gasteiger partial charge in [0.05, 0.1) is 5.69 Å². The number of ether oxygens (including phenoxy) is 1. The van der Waals surface area contributed by atoms with Crippen LogP contribution >= 0.6 is 0 Å². The fourth-order valence-corrected chi connectivity index (χ4v) is 2.36. The molecule has 0 fully saturated rings. The van der Waals surface area contributed by atoms with Gasteiger partial charge in [-0.2, -0.15) is 0 Å². The summed E-state index contributed by atoms with van der Waals surface area (Å²) in [6.45, 7) is 0.152. The number of fused-ring (bicyclic) bond motifs is 1. The van der Waals surface area contributed by atoms with Gasteiger partial charge in [0, 0.05) is 17.0 Å². The molecule has 24 heavy (non-hydrogen) atoms. The summed E-state index contributed by atoms with van der Waals surface area (Å²) < 4.78 is 5.18. The first-order chi connectivity index (χ1) is 11.6. The van der Waals surface area contributed by atoms with Gasteiger partial charge in [0.2, 0.25) is 0 Å². The molecule has 0 radical (unpaired) electrons. The van der Waals surface area contributed by atoms with E-state index in [0.29, 0.717) is 16.5 Å². The molecule has 1 heterocycles. The minimum Gasteiger partial charge on any atom is -0.476 e. The number of carboxylic acids is 1. The molecule has 6 nitrogen and oxygen atoms in total. The van der Waals surface area contributed by atoms with Crippen molar-refractivity contribution in [3.63, 3.8) is 0 Å². The Morgan fingerprint density at radius 2 is 1.79 bits per heavy atom. The predicted molar refractivity (Wildman–Crippen MR) is 89.0 cm³/mol. The highest BCUT2D eigenvalue weighted by molar-refractivity contribution is 6.07. The molecule has 0 saturated carbocycles. The molecule has 120 valence electrons. The summed E-state index contributed by atoms with van der Waals surface area (Å²) in [7, 11) is 0. The van der Waals surface area contributed by atoms with Gasteiger partial charge in [0.15, 0.2) is 5.69 Å². The highest BCUT2D eigenvalue weighted by Crippen LogP contribution is 2.25. The van der Waals surface area contributed by atoms with E-state index >= 15 is 0 Å². The number of aromatic nitrogens is 1. The minimum atomic E-state index is -1.12. The summed E-state index contributed by atoms with van der Waals surface area (Å²) in [5.74, 6) is -1.12. The van der Waals surface area contributed by atoms with E-state index < -0.39 is 12.1 Å². The van der Waals surface area contributed by atoms with Gasteiger partial charge in [0.1, 0.15) is 6.61 Å². The molecule has 0 spiro atoms. The zero-order valence-electron chi connectivity index (χ0n) is 12.6. The quantitative estimate of drug-likeness (QED) is 0.765. The molecule has 0 aliphatic heterocycles. The maximum Gasteiger partial charge on any atom is 0.411 e. The normalized spacial score (nSPS) is 10.3. The largest absolute Gasteiger partial charge is 0.476 e. The average molecular weight is 322 g/mol. The van der Waals surface area contributed by atoms with Gasteiger partial charge in [-0.25, -0.2) is 14.6 Å². The van der Waals surface area contributed by atoms with Crippen LogP contribution in [0.1, 0.15) is 16.1 Å². The predicted octanol–water partition coefficient (Wildman–Crippen LogP) is 3.68. The zero-order chi connectivity index (χ0) is 16.9. The van der Waals surface area contributed by atoms with Crippen molar-refractivity contribution in [2.24, 2.45) is 0 Å². The lowest BCUT2D eigenvalue weighted by Gasteiger charge is -2.10. The van der Waals surface area contributed by atoms with Gasteiger partial charge in [-0.15, -0.1) is 0 Å². The molecule has 0 saturated heterocycles. The molecular formula is C18H14N2O4. The molecule has 3 aromatic rings. The number of hydrogen-bond acceptors (Lipinski definition) is 4. The molecule has 1 amide bonds. The smallest absolute Gasteiger partial charge is 0.411 e. The van der Waals surface area contributed by atoms with Crippen LogP contribution in [0, 0.1) is 0 Å². The van der Waals surface area contributed by atoms with Crippen molar-refractivity contribution in [2.75, 3.05) is 5.32 Å². The molecule has 0 atom stereocenters. The van der Waals surface area contributed by atoms with Crippen LogP contribution in [-0.4, -0.2) is 22.2 Å². The van der Waals surface area contributed by atoms with Crippen molar-refractivity contribution in [2.45, 2.75) is 6.61 Å². The number of nitrogens with zero attached hydrogens (tertiary/aromatic N) is 1. The first-order valence-corrected chi connectivity index (χ1v) is 7.24. The third kappa shape index (κ3) is 3.33. The number of carbonyl (C=O) groups excluding carboxylic acids is 1. The topological polar surface area (TPSA) is 88.5 Å². The lowest BCUT2D eigenvalue weighted by atomic mass is 10.1. The maximum atomic E-state index is 12.0. The minimum absolute atomic E-state index is 0.0613. The zero-order valence-corrected chi connectivity index (χ0v) is 12.6. The molecule has 1 aromatic heterocycles. The van der Waals surface area contributed by atoms with E-state index in [9.17, 15) is 14.7 Å². The van der Waals surface area contributed by atoms with E-state index in [1.807, 2.05) is 30.3 Å². The number of nitrogens with one attached hydrogen (secondary N) is 1. The fraction of sp³-hybridized carbons (Fsp3) is 0.0556. The number of carbonyl (C=O) groups is 2. The molecule has 6 heteroatoms. The van der Waals surface area contributed by atoms with Crippen molar-refractivity contribution in [1.82, 2.24) is 4.98 Å². The molecule has 0 aliphatic carbocycles. The van der Waals surface area contributed by atoms with Crippen LogP contribution in [-0.2, 0) is 11.3 Å². The van der Waals surface area contributed by atoms with Gasteiger partial charge in [0.25, 0.3) is 0 Å². The highest BCUT2D eigenvalue weighted by Gasteiger charge is 2.13. The Labute approximate surface area is 137 Å². The second-order valence-electron chi connectivity index (χ2n) is 5.05. The van der Waals surface area contributed by atoms with Gasteiger partial charge in [-0.3, -0.25) is 5.32 Å². The Kier molecular flexibility index (Phi) is 4.38. The number of carboxylic acid groups (broad SMARTS) is 1. The monoisotopic (exact) mass is 322 g/mol. The van der Waals surface area contributed by atoms with Crippen molar-refractivity contribution >= 4 is 28.5 Å². The van der Waals surface area contributed by atoms with Gasteiger partial charge in [-0.1, -0.05) is 42.5 Å². The van der Waals surface area contributed by atoms with Crippen molar-refractivity contribution in [1.29, 1.82) is 0 Å². The Hall–Kier alpha value is -3.41. The number of benzene rings is 2. The number of aromatic carboxylic acids is 1. The maximum absolute atomic E-state index is 12.0. The standard InChI is InChI=1S/C18H14N2O4/c21-17(22)16-14-7-4-8-15(13(14)9-10-19-16)20-18(23)24-11-12-5-2-1-3-6-12/h1-10H,11H2,(H,20,23)(H,21,22). The summed E-state index contributed by atoms with van der Waals surface area (Å²) >= 11 is 0. The van der Waals surface area contributed by atoms with Crippen molar-refractivity contribution in [3.8, 4) is 0 Å². The molecular weight excluding hydrogens is 308 g/mol. The molecule has 0 aliphatic rings. The summed E-state index contributed by atoms with van der Waals surface area (Å²) in [6, 6.07) is 15.9. The lowest BCUT2D eigenvalue weighted by molar-refractivity contribution is 0.0693. The van der Waals surface area contributed by atoms with Crippen LogP contribution in [0.25, 0.3) is 10.8 Å². The van der Waals surface area contributed by atoms with Crippen LogP contribution < -0.4 is 5.32 Å². The second-order valence-corrected chi connectivity index (χ2v) is 5.05. The molecule has 2 aromatic carbocycles. The van der Waals surface area contributed by atoms with Gasteiger partial charge in [-0.05, 0) is 17.7 Å². The van der Waals surface area contributed by atoms with Crippen LogP contribution in [0.5, 0.6) is 0 Å². The van der Waals surface area contributed by atoms with Crippen LogP contribution in [0.3, 0.4) is 0 Å². The van der Waals surface area contributed by atoms with E-state index in [1.54, 1.807) is 24.3 Å². The Morgan fingerprint density at radius 1 is 1.00 bits per heavy atom. The summed E-state index contributed by atoms with van der Waals surface area (Å²) in [5.41, 5.74) is 1.28. The first kappa shape index (κ1) is 15.5. The Bertz CT molecular complexity index is 894. The molecule has 0 bridgehead atoms. The summed E-state index contributed by atoms with van der Waals surface area (Å²) in [5, 5.41) is 12.9. The summed E-state index contributed by atoms with van der Waals surface area (Å²) in [6.07, 6.45) is 0.784. The number of pyridine rings is 1. The van der Waals surface area contributed by atoms with Gasteiger partial charge >= 0.3 is 12.1 Å². The molecule has 0 unspecified atom stereocenters. The molecule has 2 N–H and O–H groups in total. The number of amides is 1. The van der Waals surface area contributed by atoms with E-state index in [0.717, 1.165) is 5.56 Å². The van der Waals surface area contributed by atoms with E-state index in [4.69, 9.17) is 4.74 Å². The molecule has 3 rings (SSSR count).